The van der Waals surface area contributed by atoms with Gasteiger partial charge in [-0.3, -0.25) is 0 Å². The number of fused-ring (bicyclic) bond motifs is 3. The second-order valence-electron chi connectivity index (χ2n) is 7.47. The maximum absolute atomic E-state index is 6.46. The number of hydrogen-bond acceptors (Lipinski definition) is 6. The first-order chi connectivity index (χ1) is 15.2. The number of ether oxygens (including phenoxy) is 4. The molecule has 0 bridgehead atoms. The number of rotatable bonds is 5. The molecule has 31 heavy (non-hydrogen) atoms. The summed E-state index contributed by atoms with van der Waals surface area (Å²) in [6, 6.07) is 22.1. The molecule has 0 saturated carbocycles. The van der Waals surface area contributed by atoms with E-state index in [1.54, 1.807) is 21.3 Å². The van der Waals surface area contributed by atoms with Crippen molar-refractivity contribution >= 4 is 5.71 Å². The molecule has 3 aromatic carbocycles. The van der Waals surface area contributed by atoms with E-state index in [0.717, 1.165) is 40.3 Å². The van der Waals surface area contributed by atoms with E-state index in [1.165, 1.54) is 0 Å². The molecule has 3 aromatic rings. The van der Waals surface area contributed by atoms with Crippen molar-refractivity contribution in [2.75, 3.05) is 21.3 Å². The Balaban J connectivity index is 1.60. The normalized spacial score (nSPS) is 19.1. The van der Waals surface area contributed by atoms with Gasteiger partial charge in [-0.25, -0.2) is 5.01 Å². The Kier molecular flexibility index (Phi) is 4.90. The van der Waals surface area contributed by atoms with E-state index in [1.807, 2.05) is 65.7 Å². The summed E-state index contributed by atoms with van der Waals surface area (Å²) in [6.45, 7) is 0. The summed E-state index contributed by atoms with van der Waals surface area (Å²) in [5.41, 5.74) is 4.10. The fourth-order valence-corrected chi connectivity index (χ4v) is 4.30. The highest BCUT2D eigenvalue weighted by molar-refractivity contribution is 6.02. The quantitative estimate of drug-likeness (QED) is 0.589. The van der Waals surface area contributed by atoms with E-state index < -0.39 is 6.23 Å². The SMILES string of the molecule is COc1ccc(C2=NN3[C@H](C2)c2ccccc2O[C@H]3c2cccc(OC)c2OC)cc1. The second-order valence-corrected chi connectivity index (χ2v) is 7.47. The molecule has 158 valence electrons. The Labute approximate surface area is 181 Å². The van der Waals surface area contributed by atoms with Gasteiger partial charge in [-0.05, 0) is 48.0 Å². The summed E-state index contributed by atoms with van der Waals surface area (Å²) in [4.78, 5) is 0. The van der Waals surface area contributed by atoms with Gasteiger partial charge in [0.05, 0.1) is 38.6 Å². The molecule has 2 atom stereocenters. The van der Waals surface area contributed by atoms with E-state index >= 15 is 0 Å². The molecule has 0 aliphatic carbocycles. The highest BCUT2D eigenvalue weighted by Crippen LogP contribution is 2.49. The van der Waals surface area contributed by atoms with Crippen LogP contribution in [0.2, 0.25) is 0 Å². The maximum Gasteiger partial charge on any atom is 0.217 e. The minimum Gasteiger partial charge on any atom is -0.497 e. The molecule has 6 nitrogen and oxygen atoms in total. The van der Waals surface area contributed by atoms with Crippen molar-refractivity contribution in [2.24, 2.45) is 5.10 Å². The van der Waals surface area contributed by atoms with Crippen LogP contribution in [0.3, 0.4) is 0 Å². The van der Waals surface area contributed by atoms with E-state index in [-0.39, 0.29) is 6.04 Å². The van der Waals surface area contributed by atoms with Gasteiger partial charge < -0.3 is 18.9 Å². The molecule has 0 spiro atoms. The van der Waals surface area contributed by atoms with Crippen molar-refractivity contribution in [1.29, 1.82) is 0 Å². The molecule has 0 aromatic heterocycles. The molecular weight excluding hydrogens is 392 g/mol. The van der Waals surface area contributed by atoms with Crippen molar-refractivity contribution < 1.29 is 18.9 Å². The van der Waals surface area contributed by atoms with Crippen molar-refractivity contribution in [1.82, 2.24) is 5.01 Å². The lowest BCUT2D eigenvalue weighted by atomic mass is 9.95. The van der Waals surface area contributed by atoms with Gasteiger partial charge in [0.15, 0.2) is 11.5 Å². The molecular formula is C25H24N2O4. The third-order valence-corrected chi connectivity index (χ3v) is 5.82. The van der Waals surface area contributed by atoms with Crippen molar-refractivity contribution in [3.63, 3.8) is 0 Å². The number of hydrazone groups is 1. The summed E-state index contributed by atoms with van der Waals surface area (Å²) in [6.07, 6.45) is 0.357. The zero-order chi connectivity index (χ0) is 21.4. The van der Waals surface area contributed by atoms with E-state index in [9.17, 15) is 0 Å². The minimum absolute atomic E-state index is 0.0722. The summed E-state index contributed by atoms with van der Waals surface area (Å²) in [7, 11) is 4.95. The van der Waals surface area contributed by atoms with Gasteiger partial charge in [0, 0.05) is 12.0 Å². The fourth-order valence-electron chi connectivity index (χ4n) is 4.30. The lowest BCUT2D eigenvalue weighted by Crippen LogP contribution is -2.34. The largest absolute Gasteiger partial charge is 0.497 e. The molecule has 5 rings (SSSR count). The van der Waals surface area contributed by atoms with Gasteiger partial charge in [0.25, 0.3) is 0 Å². The Bertz CT molecular complexity index is 1130. The molecule has 0 saturated heterocycles. The molecule has 6 heteroatoms. The summed E-state index contributed by atoms with van der Waals surface area (Å²) < 4.78 is 23.0. The average molecular weight is 416 g/mol. The van der Waals surface area contributed by atoms with Gasteiger partial charge >= 0.3 is 0 Å². The number of benzene rings is 3. The number of nitrogens with zero attached hydrogens (tertiary/aromatic N) is 2. The molecule has 0 fully saturated rings. The Hall–Kier alpha value is -3.67. The van der Waals surface area contributed by atoms with Crippen molar-refractivity contribution in [2.45, 2.75) is 18.7 Å². The molecule has 0 radical (unpaired) electrons. The van der Waals surface area contributed by atoms with Crippen LogP contribution in [0.4, 0.5) is 0 Å². The third-order valence-electron chi connectivity index (χ3n) is 5.82. The van der Waals surface area contributed by atoms with Gasteiger partial charge in [0.1, 0.15) is 11.5 Å². The van der Waals surface area contributed by atoms with Crippen molar-refractivity contribution in [3.8, 4) is 23.0 Å². The lowest BCUT2D eigenvalue weighted by molar-refractivity contribution is -0.0205. The number of methoxy groups -OCH3 is 3. The average Bonchev–Trinajstić information content (AvgIpc) is 3.29. The van der Waals surface area contributed by atoms with Crippen LogP contribution >= 0.6 is 0 Å². The Morgan fingerprint density at radius 1 is 0.839 bits per heavy atom. The number of para-hydroxylation sites is 2. The summed E-state index contributed by atoms with van der Waals surface area (Å²) in [5, 5.41) is 7.05. The van der Waals surface area contributed by atoms with Gasteiger partial charge in [0.2, 0.25) is 6.23 Å². The van der Waals surface area contributed by atoms with E-state index in [4.69, 9.17) is 24.0 Å². The van der Waals surface area contributed by atoms with Crippen LogP contribution in [-0.4, -0.2) is 32.0 Å². The van der Waals surface area contributed by atoms with Crippen LogP contribution in [0, 0.1) is 0 Å². The standard InChI is InChI=1S/C25H24N2O4/c1-28-17-13-11-16(12-14-17)20-15-21-18-7-4-5-9-22(18)31-25(27(21)26-20)19-8-6-10-23(29-2)24(19)30-3/h4-14,21,25H,15H2,1-3H3/t21-,25+/m1/s1. The minimum atomic E-state index is -0.430. The molecule has 2 aliphatic heterocycles. The van der Waals surface area contributed by atoms with E-state index in [2.05, 4.69) is 6.07 Å². The third kappa shape index (κ3) is 3.24. The zero-order valence-corrected chi connectivity index (χ0v) is 17.7. The second kappa shape index (κ2) is 7.87. The van der Waals surface area contributed by atoms with Crippen LogP contribution in [-0.2, 0) is 0 Å². The predicted octanol–water partition coefficient (Wildman–Crippen LogP) is 4.95. The molecule has 0 N–H and O–H groups in total. The van der Waals surface area contributed by atoms with Gasteiger partial charge in [-0.2, -0.15) is 5.10 Å². The van der Waals surface area contributed by atoms with Crippen LogP contribution in [0.5, 0.6) is 23.0 Å². The zero-order valence-electron chi connectivity index (χ0n) is 17.7. The molecule has 0 amide bonds. The lowest BCUT2D eigenvalue weighted by Gasteiger charge is -2.38. The van der Waals surface area contributed by atoms with Crippen LogP contribution in [0.15, 0.2) is 71.8 Å². The van der Waals surface area contributed by atoms with Crippen LogP contribution < -0.4 is 18.9 Å². The molecule has 0 unspecified atom stereocenters. The Morgan fingerprint density at radius 2 is 1.61 bits per heavy atom. The summed E-state index contributed by atoms with van der Waals surface area (Å²) >= 11 is 0. The molecule has 2 heterocycles. The fraction of sp³-hybridized carbons (Fsp3) is 0.240. The van der Waals surface area contributed by atoms with Gasteiger partial charge in [-0.1, -0.05) is 24.3 Å². The highest BCUT2D eigenvalue weighted by Gasteiger charge is 2.42. The van der Waals surface area contributed by atoms with Gasteiger partial charge in [-0.15, -0.1) is 0 Å². The van der Waals surface area contributed by atoms with Crippen molar-refractivity contribution in [3.05, 3.63) is 83.4 Å². The maximum atomic E-state index is 6.46. The summed E-state index contributed by atoms with van der Waals surface area (Å²) in [5.74, 6) is 3.01. The van der Waals surface area contributed by atoms with E-state index in [0.29, 0.717) is 11.5 Å². The van der Waals surface area contributed by atoms with Crippen LogP contribution in [0.25, 0.3) is 0 Å². The first-order valence-corrected chi connectivity index (χ1v) is 10.2. The Morgan fingerprint density at radius 3 is 2.35 bits per heavy atom. The predicted molar refractivity (Wildman–Crippen MR) is 118 cm³/mol. The highest BCUT2D eigenvalue weighted by atomic mass is 16.5. The first-order valence-electron chi connectivity index (χ1n) is 10.2. The van der Waals surface area contributed by atoms with Crippen LogP contribution in [0.1, 0.15) is 35.4 Å². The topological polar surface area (TPSA) is 52.5 Å². The molecule has 2 aliphatic rings. The first kappa shape index (κ1) is 19.3. The number of hydrogen-bond donors (Lipinski definition) is 0. The smallest absolute Gasteiger partial charge is 0.217 e. The monoisotopic (exact) mass is 416 g/mol.